The van der Waals surface area contributed by atoms with E-state index in [0.29, 0.717) is 40.2 Å². The molecule has 1 heterocycles. The fourth-order valence-electron chi connectivity index (χ4n) is 2.58. The number of nitrogens with one attached hydrogen (secondary N) is 2. The van der Waals surface area contributed by atoms with Crippen LogP contribution in [0.5, 0.6) is 5.75 Å². The van der Waals surface area contributed by atoms with Crippen LogP contribution in [-0.4, -0.2) is 21.1 Å². The van der Waals surface area contributed by atoms with Crippen LogP contribution in [0.3, 0.4) is 0 Å². The maximum atomic E-state index is 11.6. The molecule has 0 radical (unpaired) electrons. The van der Waals surface area contributed by atoms with Crippen LogP contribution in [0.15, 0.2) is 40.8 Å². The lowest BCUT2D eigenvalue weighted by atomic mass is 10.1. The highest BCUT2D eigenvalue weighted by Crippen LogP contribution is 2.35. The van der Waals surface area contributed by atoms with E-state index in [-0.39, 0.29) is 16.8 Å². The molecule has 3 rings (SSSR count). The molecule has 3 aromatic rings. The Morgan fingerprint density at radius 2 is 2.08 bits per heavy atom. The Labute approximate surface area is 156 Å². The number of benzene rings is 2. The molecule has 0 unspecified atom stereocenters. The van der Waals surface area contributed by atoms with E-state index < -0.39 is 0 Å². The number of phenolic OH excluding ortho intramolecular Hbond substituents is 1. The van der Waals surface area contributed by atoms with E-state index in [0.717, 1.165) is 6.42 Å². The number of aromatic nitrogens is 1. The number of amides is 1. The first-order chi connectivity index (χ1) is 12.5. The van der Waals surface area contributed by atoms with Gasteiger partial charge in [0.2, 0.25) is 11.8 Å². The number of para-hydroxylation sites is 2. The van der Waals surface area contributed by atoms with Crippen LogP contribution >= 0.6 is 12.2 Å². The predicted octanol–water partition coefficient (Wildman–Crippen LogP) is 4.12. The molecule has 0 fully saturated rings. The van der Waals surface area contributed by atoms with E-state index >= 15 is 0 Å². The van der Waals surface area contributed by atoms with Crippen LogP contribution in [0, 0.1) is 6.92 Å². The van der Waals surface area contributed by atoms with Gasteiger partial charge in [-0.05, 0) is 55.4 Å². The average Bonchev–Trinajstić information content (AvgIpc) is 3.01. The quantitative estimate of drug-likeness (QED) is 0.474. The van der Waals surface area contributed by atoms with Gasteiger partial charge in [-0.2, -0.15) is 0 Å². The van der Waals surface area contributed by atoms with Crippen LogP contribution in [0.25, 0.3) is 22.6 Å². The van der Waals surface area contributed by atoms with Crippen molar-refractivity contribution in [1.29, 1.82) is 0 Å². The van der Waals surface area contributed by atoms with E-state index in [9.17, 15) is 9.90 Å². The Bertz CT molecular complexity index is 948. The maximum absolute atomic E-state index is 11.6. The fourth-order valence-corrected chi connectivity index (χ4v) is 2.81. The van der Waals surface area contributed by atoms with Gasteiger partial charge in [0.15, 0.2) is 10.7 Å². The van der Waals surface area contributed by atoms with Crippen molar-refractivity contribution >= 4 is 40.0 Å². The summed E-state index contributed by atoms with van der Waals surface area (Å²) in [6, 6.07) is 10.8. The third kappa shape index (κ3) is 3.83. The minimum absolute atomic E-state index is 0.0862. The Morgan fingerprint density at radius 1 is 1.31 bits per heavy atom. The smallest absolute Gasteiger partial charge is 0.231 e. The Morgan fingerprint density at radius 3 is 2.81 bits per heavy atom. The highest BCUT2D eigenvalue weighted by Gasteiger charge is 2.16. The van der Waals surface area contributed by atoms with Gasteiger partial charge in [-0.3, -0.25) is 4.79 Å². The van der Waals surface area contributed by atoms with Crippen molar-refractivity contribution in [3.05, 3.63) is 42.0 Å². The van der Waals surface area contributed by atoms with E-state index in [1.54, 1.807) is 19.1 Å². The molecule has 0 bridgehead atoms. The molecule has 0 aliphatic rings. The van der Waals surface area contributed by atoms with Gasteiger partial charge in [-0.1, -0.05) is 19.1 Å². The minimum Gasteiger partial charge on any atom is -0.507 e. The monoisotopic (exact) mass is 369 g/mol. The van der Waals surface area contributed by atoms with Gasteiger partial charge < -0.3 is 20.2 Å². The second kappa shape index (κ2) is 7.53. The van der Waals surface area contributed by atoms with Gasteiger partial charge in [-0.25, -0.2) is 4.98 Å². The highest BCUT2D eigenvalue weighted by molar-refractivity contribution is 7.80. The van der Waals surface area contributed by atoms with Crippen LogP contribution < -0.4 is 10.6 Å². The summed E-state index contributed by atoms with van der Waals surface area (Å²) in [5.74, 6) is 0.263. The maximum Gasteiger partial charge on any atom is 0.231 e. The van der Waals surface area contributed by atoms with Gasteiger partial charge >= 0.3 is 0 Å². The van der Waals surface area contributed by atoms with E-state index in [1.807, 2.05) is 31.2 Å². The number of oxazole rings is 1. The molecule has 26 heavy (non-hydrogen) atoms. The number of hydrogen-bond acceptors (Lipinski definition) is 5. The van der Waals surface area contributed by atoms with Crippen molar-refractivity contribution in [2.75, 3.05) is 5.32 Å². The molecule has 0 aliphatic heterocycles. The van der Waals surface area contributed by atoms with E-state index in [1.165, 1.54) is 0 Å². The molecular weight excluding hydrogens is 350 g/mol. The van der Waals surface area contributed by atoms with Crippen molar-refractivity contribution < 1.29 is 14.3 Å². The molecule has 0 saturated carbocycles. The predicted molar refractivity (Wildman–Crippen MR) is 105 cm³/mol. The zero-order valence-electron chi connectivity index (χ0n) is 14.5. The molecule has 1 amide bonds. The van der Waals surface area contributed by atoms with Crippen LogP contribution in [0.4, 0.5) is 5.69 Å². The lowest BCUT2D eigenvalue weighted by molar-refractivity contribution is -0.119. The zero-order chi connectivity index (χ0) is 18.7. The van der Waals surface area contributed by atoms with Gasteiger partial charge in [0.05, 0.1) is 5.56 Å². The first-order valence-electron chi connectivity index (χ1n) is 8.28. The summed E-state index contributed by atoms with van der Waals surface area (Å²) in [6.45, 7) is 3.69. The van der Waals surface area contributed by atoms with Crippen LogP contribution in [0.1, 0.15) is 25.3 Å². The van der Waals surface area contributed by atoms with Crippen LogP contribution in [-0.2, 0) is 4.79 Å². The number of aromatic hydroxyl groups is 1. The summed E-state index contributed by atoms with van der Waals surface area (Å²) >= 11 is 5.17. The lowest BCUT2D eigenvalue weighted by Gasteiger charge is -2.12. The molecule has 134 valence electrons. The number of phenols is 1. The number of thiocarbonyl (C=S) groups is 1. The Hall–Kier alpha value is -2.93. The second-order valence-electron chi connectivity index (χ2n) is 5.93. The van der Waals surface area contributed by atoms with Crippen molar-refractivity contribution in [3.8, 4) is 17.2 Å². The first-order valence-corrected chi connectivity index (χ1v) is 8.69. The number of rotatable bonds is 4. The first kappa shape index (κ1) is 17.9. The minimum atomic E-state index is -0.139. The van der Waals surface area contributed by atoms with E-state index in [2.05, 4.69) is 15.6 Å². The van der Waals surface area contributed by atoms with Crippen LogP contribution in [0.2, 0.25) is 0 Å². The zero-order valence-corrected chi connectivity index (χ0v) is 15.3. The third-order valence-corrected chi connectivity index (χ3v) is 4.02. The molecule has 7 heteroatoms. The molecule has 0 saturated heterocycles. The molecule has 0 spiro atoms. The van der Waals surface area contributed by atoms with Gasteiger partial charge in [0.1, 0.15) is 11.3 Å². The largest absolute Gasteiger partial charge is 0.507 e. The highest BCUT2D eigenvalue weighted by atomic mass is 32.1. The number of hydrogen-bond donors (Lipinski definition) is 3. The van der Waals surface area contributed by atoms with Gasteiger partial charge in [-0.15, -0.1) is 0 Å². The van der Waals surface area contributed by atoms with Gasteiger partial charge in [0, 0.05) is 12.1 Å². The summed E-state index contributed by atoms with van der Waals surface area (Å²) in [6.07, 6.45) is 1.15. The molecule has 1 aromatic heterocycles. The fraction of sp³-hybridized carbons (Fsp3) is 0.211. The molecular formula is C19H19N3O3S. The lowest BCUT2D eigenvalue weighted by Crippen LogP contribution is -2.33. The number of aryl methyl sites for hydroxylation is 1. The molecule has 0 aliphatic carbocycles. The van der Waals surface area contributed by atoms with Crippen molar-refractivity contribution in [1.82, 2.24) is 10.3 Å². The summed E-state index contributed by atoms with van der Waals surface area (Å²) in [5.41, 5.74) is 3.06. The van der Waals surface area contributed by atoms with Gasteiger partial charge in [0.25, 0.3) is 0 Å². The number of nitrogens with zero attached hydrogens (tertiary/aromatic N) is 1. The number of fused-ring (bicyclic) bond motifs is 1. The molecule has 3 N–H and O–H groups in total. The summed E-state index contributed by atoms with van der Waals surface area (Å²) in [4.78, 5) is 16.1. The number of carbonyl (C=O) groups is 1. The normalized spacial score (nSPS) is 10.7. The summed E-state index contributed by atoms with van der Waals surface area (Å²) in [5, 5.41) is 16.2. The second-order valence-corrected chi connectivity index (χ2v) is 6.34. The summed E-state index contributed by atoms with van der Waals surface area (Å²) in [7, 11) is 0. The topological polar surface area (TPSA) is 87.4 Å². The average molecular weight is 369 g/mol. The molecule has 0 atom stereocenters. The van der Waals surface area contributed by atoms with Crippen molar-refractivity contribution in [2.45, 2.75) is 26.7 Å². The van der Waals surface area contributed by atoms with Crippen molar-refractivity contribution in [3.63, 3.8) is 0 Å². The Balaban J connectivity index is 1.89. The number of anilines is 1. The Kier molecular flexibility index (Phi) is 5.18. The molecule has 6 nitrogen and oxygen atoms in total. The van der Waals surface area contributed by atoms with Crippen molar-refractivity contribution in [2.24, 2.45) is 0 Å². The third-order valence-electron chi connectivity index (χ3n) is 3.81. The molecule has 2 aromatic carbocycles. The standard InChI is InChI=1S/C19H19N3O3S/c1-3-6-16(23)22-19(26)20-12-9-11(2)17(24)13(10-12)18-21-14-7-4-5-8-15(14)25-18/h4-5,7-10,24H,3,6H2,1-2H3,(H2,20,22,23,26). The number of carbonyl (C=O) groups excluding carboxylic acids is 1. The SMILES string of the molecule is CCCC(=O)NC(=S)Nc1cc(C)c(O)c(-c2nc3ccccc3o2)c1. The summed E-state index contributed by atoms with van der Waals surface area (Å²) < 4.78 is 5.74. The van der Waals surface area contributed by atoms with E-state index in [4.69, 9.17) is 16.6 Å².